The minimum absolute atomic E-state index is 0.195. The summed E-state index contributed by atoms with van der Waals surface area (Å²) in [6.45, 7) is 2.68. The SMILES string of the molecule is OCCCN(CC1CO1)c1ccc(O)cc1. The lowest BCUT2D eigenvalue weighted by Gasteiger charge is -2.23. The van der Waals surface area contributed by atoms with Gasteiger partial charge in [0, 0.05) is 25.4 Å². The van der Waals surface area contributed by atoms with Crippen molar-refractivity contribution in [3.8, 4) is 5.75 Å². The molecule has 0 aromatic heterocycles. The van der Waals surface area contributed by atoms with Gasteiger partial charge in [0.2, 0.25) is 0 Å². The molecule has 2 N–H and O–H groups in total. The molecule has 1 aromatic rings. The van der Waals surface area contributed by atoms with E-state index < -0.39 is 0 Å². The number of aliphatic hydroxyl groups excluding tert-OH is 1. The Bertz CT molecular complexity index is 322. The number of ether oxygens (including phenoxy) is 1. The first-order chi connectivity index (χ1) is 7.79. The first-order valence-electron chi connectivity index (χ1n) is 5.56. The average Bonchev–Trinajstić information content (AvgIpc) is 3.09. The molecule has 2 rings (SSSR count). The predicted molar refractivity (Wildman–Crippen MR) is 61.8 cm³/mol. The number of nitrogens with zero attached hydrogens (tertiary/aromatic N) is 1. The fraction of sp³-hybridized carbons (Fsp3) is 0.500. The van der Waals surface area contributed by atoms with E-state index in [-0.39, 0.29) is 12.4 Å². The van der Waals surface area contributed by atoms with Crippen LogP contribution in [0.4, 0.5) is 5.69 Å². The van der Waals surface area contributed by atoms with Crippen molar-refractivity contribution < 1.29 is 14.9 Å². The highest BCUT2D eigenvalue weighted by atomic mass is 16.6. The standard InChI is InChI=1S/C12H17NO3/c14-7-1-6-13(8-12-9-16-12)10-2-4-11(15)5-3-10/h2-5,12,14-15H,1,6-9H2. The second-order valence-corrected chi connectivity index (χ2v) is 3.99. The molecule has 1 heterocycles. The zero-order chi connectivity index (χ0) is 11.4. The van der Waals surface area contributed by atoms with Crippen LogP contribution < -0.4 is 4.90 Å². The van der Waals surface area contributed by atoms with E-state index in [0.717, 1.165) is 31.8 Å². The largest absolute Gasteiger partial charge is 0.508 e. The van der Waals surface area contributed by atoms with Gasteiger partial charge in [0.15, 0.2) is 0 Å². The van der Waals surface area contributed by atoms with Gasteiger partial charge in [-0.3, -0.25) is 0 Å². The molecule has 0 radical (unpaired) electrons. The molecule has 1 aliphatic rings. The van der Waals surface area contributed by atoms with Gasteiger partial charge in [-0.25, -0.2) is 0 Å². The van der Waals surface area contributed by atoms with E-state index in [1.165, 1.54) is 0 Å². The van der Waals surface area contributed by atoms with Crippen molar-refractivity contribution in [1.82, 2.24) is 0 Å². The number of hydrogen-bond donors (Lipinski definition) is 2. The van der Waals surface area contributed by atoms with Crippen molar-refractivity contribution in [2.75, 3.05) is 31.2 Å². The van der Waals surface area contributed by atoms with Crippen LogP contribution in [0.1, 0.15) is 6.42 Å². The number of aromatic hydroxyl groups is 1. The molecule has 1 aliphatic heterocycles. The molecule has 1 unspecified atom stereocenters. The van der Waals surface area contributed by atoms with Crippen molar-refractivity contribution >= 4 is 5.69 Å². The number of anilines is 1. The summed E-state index contributed by atoms with van der Waals surface area (Å²) in [6, 6.07) is 7.12. The lowest BCUT2D eigenvalue weighted by molar-refractivity contribution is 0.288. The van der Waals surface area contributed by atoms with Gasteiger partial charge in [0.05, 0.1) is 12.7 Å². The summed E-state index contributed by atoms with van der Waals surface area (Å²) < 4.78 is 5.21. The Morgan fingerprint density at radius 1 is 1.31 bits per heavy atom. The van der Waals surface area contributed by atoms with Crippen LogP contribution in [-0.2, 0) is 4.74 Å². The molecule has 16 heavy (non-hydrogen) atoms. The highest BCUT2D eigenvalue weighted by molar-refractivity contribution is 5.49. The third-order valence-corrected chi connectivity index (χ3v) is 2.63. The van der Waals surface area contributed by atoms with Crippen molar-refractivity contribution in [2.24, 2.45) is 0 Å². The maximum Gasteiger partial charge on any atom is 0.115 e. The fourth-order valence-corrected chi connectivity index (χ4v) is 1.67. The van der Waals surface area contributed by atoms with E-state index in [2.05, 4.69) is 4.90 Å². The minimum Gasteiger partial charge on any atom is -0.508 e. The molecule has 0 spiro atoms. The Morgan fingerprint density at radius 2 is 2.00 bits per heavy atom. The first-order valence-corrected chi connectivity index (χ1v) is 5.56. The highest BCUT2D eigenvalue weighted by Crippen LogP contribution is 2.21. The molecule has 1 aromatic carbocycles. The normalized spacial score (nSPS) is 18.4. The smallest absolute Gasteiger partial charge is 0.115 e. The second-order valence-electron chi connectivity index (χ2n) is 3.99. The van der Waals surface area contributed by atoms with Gasteiger partial charge in [-0.05, 0) is 30.7 Å². The molecule has 0 aliphatic carbocycles. The van der Waals surface area contributed by atoms with E-state index in [0.29, 0.717) is 6.10 Å². The van der Waals surface area contributed by atoms with Gasteiger partial charge >= 0.3 is 0 Å². The Balaban J connectivity index is 2.00. The predicted octanol–water partition coefficient (Wildman–Crippen LogP) is 0.980. The molecule has 4 nitrogen and oxygen atoms in total. The number of rotatable bonds is 6. The van der Waals surface area contributed by atoms with Crippen LogP contribution in [-0.4, -0.2) is 42.6 Å². The quantitative estimate of drug-likeness (QED) is 0.706. The molecule has 1 atom stereocenters. The molecule has 1 saturated heterocycles. The lowest BCUT2D eigenvalue weighted by Crippen LogP contribution is -2.29. The van der Waals surface area contributed by atoms with E-state index in [1.54, 1.807) is 12.1 Å². The molecular weight excluding hydrogens is 206 g/mol. The van der Waals surface area contributed by atoms with Crippen molar-refractivity contribution in [1.29, 1.82) is 0 Å². The second kappa shape index (κ2) is 5.18. The summed E-state index contributed by atoms with van der Waals surface area (Å²) in [5.74, 6) is 0.272. The number of phenols is 1. The molecule has 0 amide bonds. The number of epoxide rings is 1. The van der Waals surface area contributed by atoms with Crippen LogP contribution in [0.15, 0.2) is 24.3 Å². The molecule has 0 saturated carbocycles. The Kier molecular flexibility index (Phi) is 3.64. The van der Waals surface area contributed by atoms with Crippen LogP contribution in [0.3, 0.4) is 0 Å². The van der Waals surface area contributed by atoms with Crippen LogP contribution in [0, 0.1) is 0 Å². The van der Waals surface area contributed by atoms with Crippen molar-refractivity contribution in [2.45, 2.75) is 12.5 Å². The van der Waals surface area contributed by atoms with E-state index in [4.69, 9.17) is 9.84 Å². The van der Waals surface area contributed by atoms with Gasteiger partial charge in [-0.1, -0.05) is 0 Å². The highest BCUT2D eigenvalue weighted by Gasteiger charge is 2.25. The fourth-order valence-electron chi connectivity index (χ4n) is 1.67. The van der Waals surface area contributed by atoms with E-state index >= 15 is 0 Å². The summed E-state index contributed by atoms with van der Waals surface area (Å²) in [5.41, 5.74) is 1.06. The number of hydrogen-bond acceptors (Lipinski definition) is 4. The molecule has 4 heteroatoms. The van der Waals surface area contributed by atoms with Gasteiger partial charge < -0.3 is 19.8 Å². The zero-order valence-electron chi connectivity index (χ0n) is 9.17. The van der Waals surface area contributed by atoms with E-state index in [9.17, 15) is 5.11 Å². The summed E-state index contributed by atoms with van der Waals surface area (Å²) in [7, 11) is 0. The van der Waals surface area contributed by atoms with Gasteiger partial charge in [-0.15, -0.1) is 0 Å². The summed E-state index contributed by atoms with van der Waals surface area (Å²) >= 11 is 0. The number of benzene rings is 1. The number of phenolic OH excluding ortho intramolecular Hbond substituents is 1. The molecule has 88 valence electrons. The van der Waals surface area contributed by atoms with Crippen molar-refractivity contribution in [3.63, 3.8) is 0 Å². The van der Waals surface area contributed by atoms with Gasteiger partial charge in [0.25, 0.3) is 0 Å². The maximum atomic E-state index is 9.23. The first kappa shape index (κ1) is 11.2. The summed E-state index contributed by atoms with van der Waals surface area (Å²) in [4.78, 5) is 2.17. The Morgan fingerprint density at radius 3 is 2.56 bits per heavy atom. The zero-order valence-corrected chi connectivity index (χ0v) is 9.17. The van der Waals surface area contributed by atoms with E-state index in [1.807, 2.05) is 12.1 Å². The van der Waals surface area contributed by atoms with Crippen LogP contribution >= 0.6 is 0 Å². The third kappa shape index (κ3) is 3.12. The minimum atomic E-state index is 0.195. The topological polar surface area (TPSA) is 56.2 Å². The average molecular weight is 223 g/mol. The maximum absolute atomic E-state index is 9.23. The number of aliphatic hydroxyl groups is 1. The van der Waals surface area contributed by atoms with Crippen LogP contribution in [0.5, 0.6) is 5.75 Å². The van der Waals surface area contributed by atoms with Gasteiger partial charge in [-0.2, -0.15) is 0 Å². The monoisotopic (exact) mass is 223 g/mol. The Labute approximate surface area is 95.1 Å². The molecule has 1 fully saturated rings. The Hall–Kier alpha value is -1.26. The summed E-state index contributed by atoms with van der Waals surface area (Å²) in [5, 5.41) is 18.1. The van der Waals surface area contributed by atoms with Crippen LogP contribution in [0.2, 0.25) is 0 Å². The van der Waals surface area contributed by atoms with Crippen LogP contribution in [0.25, 0.3) is 0 Å². The molecule has 0 bridgehead atoms. The summed E-state index contributed by atoms with van der Waals surface area (Å²) in [6.07, 6.45) is 1.07. The van der Waals surface area contributed by atoms with Gasteiger partial charge in [0.1, 0.15) is 5.75 Å². The molecular formula is C12H17NO3. The third-order valence-electron chi connectivity index (χ3n) is 2.63. The lowest BCUT2D eigenvalue weighted by atomic mass is 10.2. The van der Waals surface area contributed by atoms with Crippen molar-refractivity contribution in [3.05, 3.63) is 24.3 Å².